The molecule has 0 saturated carbocycles. The zero-order chi connectivity index (χ0) is 13.1. The number of nitrogens with zero attached hydrogens (tertiary/aromatic N) is 3. The molecule has 0 amide bonds. The Kier molecular flexibility index (Phi) is 3.80. The molecule has 102 valence electrons. The van der Waals surface area contributed by atoms with E-state index < -0.39 is 0 Å². The summed E-state index contributed by atoms with van der Waals surface area (Å²) in [6.07, 6.45) is 6.82. The highest BCUT2D eigenvalue weighted by Crippen LogP contribution is 2.15. The molecule has 19 heavy (non-hydrogen) atoms. The maximum Gasteiger partial charge on any atom is 0.137 e. The van der Waals surface area contributed by atoms with Gasteiger partial charge < -0.3 is 9.72 Å². The van der Waals surface area contributed by atoms with Crippen molar-refractivity contribution in [2.75, 3.05) is 19.6 Å². The third kappa shape index (κ3) is 2.80. The highest BCUT2D eigenvalue weighted by atomic mass is 15.2. The van der Waals surface area contributed by atoms with Crippen molar-refractivity contribution >= 4 is 5.65 Å². The van der Waals surface area contributed by atoms with Crippen LogP contribution in [0.2, 0.25) is 0 Å². The van der Waals surface area contributed by atoms with E-state index in [1.54, 1.807) is 0 Å². The van der Waals surface area contributed by atoms with E-state index in [0.717, 1.165) is 24.4 Å². The standard InChI is InChI=1S/C15H22N4/c1-2-18-9-5-6-14(18)11-16-10-13-12-19-8-4-3-7-15(19)17-13/h3-4,7-8,12,14,16H,2,5-6,9-11H2,1H3. The first-order valence-corrected chi connectivity index (χ1v) is 7.24. The molecule has 1 fully saturated rings. The molecule has 2 aromatic rings. The Morgan fingerprint density at radius 3 is 3.21 bits per heavy atom. The van der Waals surface area contributed by atoms with Crippen LogP contribution in [0.4, 0.5) is 0 Å². The van der Waals surface area contributed by atoms with Gasteiger partial charge in [0, 0.05) is 31.5 Å². The molecular formula is C15H22N4. The van der Waals surface area contributed by atoms with Crippen LogP contribution in [-0.2, 0) is 6.54 Å². The quantitative estimate of drug-likeness (QED) is 0.889. The Labute approximate surface area is 114 Å². The van der Waals surface area contributed by atoms with E-state index in [9.17, 15) is 0 Å². The van der Waals surface area contributed by atoms with Crippen molar-refractivity contribution in [3.63, 3.8) is 0 Å². The minimum atomic E-state index is 0.710. The van der Waals surface area contributed by atoms with Gasteiger partial charge in [-0.05, 0) is 38.1 Å². The van der Waals surface area contributed by atoms with E-state index in [2.05, 4.69) is 32.7 Å². The average molecular weight is 258 g/mol. The van der Waals surface area contributed by atoms with Crippen molar-refractivity contribution in [2.24, 2.45) is 0 Å². The van der Waals surface area contributed by atoms with Gasteiger partial charge >= 0.3 is 0 Å². The van der Waals surface area contributed by atoms with E-state index in [0.29, 0.717) is 6.04 Å². The maximum atomic E-state index is 4.60. The summed E-state index contributed by atoms with van der Waals surface area (Å²) in [5.41, 5.74) is 2.14. The Bertz CT molecular complexity index is 501. The third-order valence-electron chi connectivity index (χ3n) is 4.01. The van der Waals surface area contributed by atoms with Crippen molar-refractivity contribution in [3.8, 4) is 0 Å². The lowest BCUT2D eigenvalue weighted by atomic mass is 10.2. The second kappa shape index (κ2) is 5.72. The van der Waals surface area contributed by atoms with Crippen LogP contribution < -0.4 is 5.32 Å². The highest BCUT2D eigenvalue weighted by molar-refractivity contribution is 5.39. The lowest BCUT2D eigenvalue weighted by Gasteiger charge is -2.22. The number of imidazole rings is 1. The molecule has 3 rings (SSSR count). The van der Waals surface area contributed by atoms with E-state index in [4.69, 9.17) is 0 Å². The van der Waals surface area contributed by atoms with Gasteiger partial charge in [-0.2, -0.15) is 0 Å². The molecule has 1 unspecified atom stereocenters. The van der Waals surface area contributed by atoms with Crippen LogP contribution in [0, 0.1) is 0 Å². The maximum absolute atomic E-state index is 4.60. The molecule has 0 aromatic carbocycles. The van der Waals surface area contributed by atoms with Crippen molar-refractivity contribution < 1.29 is 0 Å². The number of likely N-dealkylation sites (tertiary alicyclic amines) is 1. The average Bonchev–Trinajstić information content (AvgIpc) is 3.04. The van der Waals surface area contributed by atoms with E-state index >= 15 is 0 Å². The molecule has 1 aliphatic heterocycles. The van der Waals surface area contributed by atoms with Crippen molar-refractivity contribution in [1.29, 1.82) is 0 Å². The Balaban J connectivity index is 1.54. The fourth-order valence-corrected chi connectivity index (χ4v) is 2.98. The van der Waals surface area contributed by atoms with Gasteiger partial charge in [-0.25, -0.2) is 4.98 Å². The first-order valence-electron chi connectivity index (χ1n) is 7.24. The molecule has 1 N–H and O–H groups in total. The zero-order valence-electron chi connectivity index (χ0n) is 11.5. The fraction of sp³-hybridized carbons (Fsp3) is 0.533. The van der Waals surface area contributed by atoms with Crippen LogP contribution in [0.3, 0.4) is 0 Å². The highest BCUT2D eigenvalue weighted by Gasteiger charge is 2.22. The topological polar surface area (TPSA) is 32.6 Å². The molecule has 1 atom stereocenters. The van der Waals surface area contributed by atoms with Gasteiger partial charge in [0.2, 0.25) is 0 Å². The first-order chi connectivity index (χ1) is 9.36. The SMILES string of the molecule is CCN1CCCC1CNCc1cn2ccccc2n1. The lowest BCUT2D eigenvalue weighted by molar-refractivity contribution is 0.259. The molecule has 0 aliphatic carbocycles. The van der Waals surface area contributed by atoms with Gasteiger partial charge in [0.15, 0.2) is 0 Å². The van der Waals surface area contributed by atoms with E-state index in [1.165, 1.54) is 25.9 Å². The molecule has 0 radical (unpaired) electrons. The predicted octanol–water partition coefficient (Wildman–Crippen LogP) is 1.91. The zero-order valence-corrected chi connectivity index (χ0v) is 11.5. The van der Waals surface area contributed by atoms with Crippen LogP contribution >= 0.6 is 0 Å². The van der Waals surface area contributed by atoms with Crippen LogP contribution in [0.25, 0.3) is 5.65 Å². The van der Waals surface area contributed by atoms with Crippen LogP contribution in [0.1, 0.15) is 25.5 Å². The molecule has 2 aromatic heterocycles. The molecule has 1 aliphatic rings. The summed E-state index contributed by atoms with van der Waals surface area (Å²) in [7, 11) is 0. The number of nitrogens with one attached hydrogen (secondary N) is 1. The summed E-state index contributed by atoms with van der Waals surface area (Å²) in [4.78, 5) is 7.17. The molecule has 3 heterocycles. The van der Waals surface area contributed by atoms with Gasteiger partial charge in [0.05, 0.1) is 5.69 Å². The number of hydrogen-bond acceptors (Lipinski definition) is 3. The Morgan fingerprint density at radius 2 is 2.37 bits per heavy atom. The summed E-state index contributed by atoms with van der Waals surface area (Å²) >= 11 is 0. The van der Waals surface area contributed by atoms with Crippen LogP contribution in [0.15, 0.2) is 30.6 Å². The normalized spacial score (nSPS) is 20.4. The Hall–Kier alpha value is -1.39. The third-order valence-corrected chi connectivity index (χ3v) is 4.01. The van der Waals surface area contributed by atoms with Gasteiger partial charge in [0.1, 0.15) is 5.65 Å². The number of hydrogen-bond donors (Lipinski definition) is 1. The largest absolute Gasteiger partial charge is 0.310 e. The van der Waals surface area contributed by atoms with Crippen LogP contribution in [0.5, 0.6) is 0 Å². The van der Waals surface area contributed by atoms with Gasteiger partial charge in [-0.1, -0.05) is 13.0 Å². The summed E-state index contributed by atoms with van der Waals surface area (Å²) in [6.45, 7) is 6.61. The monoisotopic (exact) mass is 258 g/mol. The number of aromatic nitrogens is 2. The van der Waals surface area contributed by atoms with E-state index in [1.807, 2.05) is 24.4 Å². The first kappa shape index (κ1) is 12.6. The summed E-state index contributed by atoms with van der Waals surface area (Å²) < 4.78 is 2.07. The van der Waals surface area contributed by atoms with Crippen molar-refractivity contribution in [1.82, 2.24) is 19.6 Å². The number of rotatable bonds is 5. The lowest BCUT2D eigenvalue weighted by Crippen LogP contribution is -2.37. The molecule has 0 spiro atoms. The number of fused-ring (bicyclic) bond motifs is 1. The van der Waals surface area contributed by atoms with Crippen molar-refractivity contribution in [2.45, 2.75) is 32.4 Å². The molecule has 1 saturated heterocycles. The molecule has 0 bridgehead atoms. The van der Waals surface area contributed by atoms with Gasteiger partial charge in [0.25, 0.3) is 0 Å². The second-order valence-electron chi connectivity index (χ2n) is 5.25. The van der Waals surface area contributed by atoms with E-state index in [-0.39, 0.29) is 0 Å². The van der Waals surface area contributed by atoms with Gasteiger partial charge in [-0.15, -0.1) is 0 Å². The van der Waals surface area contributed by atoms with Crippen molar-refractivity contribution in [3.05, 3.63) is 36.3 Å². The summed E-state index contributed by atoms with van der Waals surface area (Å²) in [5, 5.41) is 3.55. The summed E-state index contributed by atoms with van der Waals surface area (Å²) in [5.74, 6) is 0. The smallest absolute Gasteiger partial charge is 0.137 e. The fourth-order valence-electron chi connectivity index (χ4n) is 2.98. The van der Waals surface area contributed by atoms with Gasteiger partial charge in [-0.3, -0.25) is 4.90 Å². The molecule has 4 nitrogen and oxygen atoms in total. The molecular weight excluding hydrogens is 236 g/mol. The summed E-state index contributed by atoms with van der Waals surface area (Å²) in [6, 6.07) is 6.81. The minimum absolute atomic E-state index is 0.710. The minimum Gasteiger partial charge on any atom is -0.310 e. The Morgan fingerprint density at radius 1 is 1.42 bits per heavy atom. The second-order valence-corrected chi connectivity index (χ2v) is 5.25. The predicted molar refractivity (Wildman–Crippen MR) is 77.2 cm³/mol. The molecule has 4 heteroatoms. The number of likely N-dealkylation sites (N-methyl/N-ethyl adjacent to an activating group) is 1. The van der Waals surface area contributed by atoms with Crippen LogP contribution in [-0.4, -0.2) is 40.0 Å². The number of pyridine rings is 1.